The zero-order chi connectivity index (χ0) is 13.0. The number of hydrogen-bond acceptors (Lipinski definition) is 4. The molecule has 0 N–H and O–H groups in total. The average Bonchev–Trinajstić information content (AvgIpc) is 2.41. The second kappa shape index (κ2) is 5.98. The van der Waals surface area contributed by atoms with Gasteiger partial charge in [0.05, 0.1) is 32.4 Å². The number of carbonyl (C=O) groups is 1. The number of nitrogens with zero attached hydrogens (tertiary/aromatic N) is 1. The second-order valence-electron chi connectivity index (χ2n) is 4.52. The van der Waals surface area contributed by atoms with Gasteiger partial charge in [-0.05, 0) is 19.1 Å². The van der Waals surface area contributed by atoms with Crippen molar-refractivity contribution in [3.05, 3.63) is 29.8 Å². The molecule has 1 aromatic carbocycles. The molecule has 0 spiro atoms. The third-order valence-corrected chi connectivity index (χ3v) is 3.26. The van der Waals surface area contributed by atoms with Gasteiger partial charge >= 0.3 is 0 Å². The quantitative estimate of drug-likeness (QED) is 0.760. The second-order valence-corrected chi connectivity index (χ2v) is 4.52. The number of benzene rings is 1. The molecule has 98 valence electrons. The summed E-state index contributed by atoms with van der Waals surface area (Å²) in [7, 11) is 1.59. The van der Waals surface area contributed by atoms with Crippen LogP contribution in [0.25, 0.3) is 0 Å². The van der Waals surface area contributed by atoms with Gasteiger partial charge in [-0.1, -0.05) is 12.1 Å². The summed E-state index contributed by atoms with van der Waals surface area (Å²) in [6.07, 6.45) is 0. The summed E-state index contributed by atoms with van der Waals surface area (Å²) >= 11 is 0. The maximum absolute atomic E-state index is 12.3. The first-order valence-electron chi connectivity index (χ1n) is 6.20. The zero-order valence-electron chi connectivity index (χ0n) is 10.9. The molecule has 1 aromatic rings. The number of methoxy groups -OCH3 is 1. The van der Waals surface area contributed by atoms with Crippen LogP contribution in [0.5, 0.6) is 5.75 Å². The highest BCUT2D eigenvalue weighted by molar-refractivity contribution is 6.00. The molecule has 1 heterocycles. The van der Waals surface area contributed by atoms with E-state index in [4.69, 9.17) is 9.47 Å². The van der Waals surface area contributed by atoms with Crippen molar-refractivity contribution in [2.75, 3.05) is 33.4 Å². The molecule has 0 aromatic heterocycles. The first-order chi connectivity index (χ1) is 8.72. The van der Waals surface area contributed by atoms with Gasteiger partial charge in [0.2, 0.25) is 0 Å². The first-order valence-corrected chi connectivity index (χ1v) is 6.20. The van der Waals surface area contributed by atoms with Crippen molar-refractivity contribution >= 4 is 5.78 Å². The maximum atomic E-state index is 12.3. The SMILES string of the molecule is COc1ccccc1C(=O)CN1CCOCC1C. The van der Waals surface area contributed by atoms with Crippen LogP contribution in [0.15, 0.2) is 24.3 Å². The van der Waals surface area contributed by atoms with Crippen LogP contribution >= 0.6 is 0 Å². The number of ether oxygens (including phenoxy) is 2. The van der Waals surface area contributed by atoms with Gasteiger partial charge in [0.1, 0.15) is 5.75 Å². The molecule has 0 aliphatic carbocycles. The van der Waals surface area contributed by atoms with Crippen LogP contribution in [-0.4, -0.2) is 50.1 Å². The average molecular weight is 249 g/mol. The van der Waals surface area contributed by atoms with Crippen LogP contribution in [0.2, 0.25) is 0 Å². The summed E-state index contributed by atoms with van der Waals surface area (Å²) in [6, 6.07) is 7.64. The highest BCUT2D eigenvalue weighted by atomic mass is 16.5. The monoisotopic (exact) mass is 249 g/mol. The van der Waals surface area contributed by atoms with Crippen LogP contribution in [-0.2, 0) is 4.74 Å². The van der Waals surface area contributed by atoms with E-state index in [2.05, 4.69) is 11.8 Å². The van der Waals surface area contributed by atoms with Gasteiger partial charge in [0.15, 0.2) is 5.78 Å². The van der Waals surface area contributed by atoms with Crippen molar-refractivity contribution in [2.45, 2.75) is 13.0 Å². The fraction of sp³-hybridized carbons (Fsp3) is 0.500. The Morgan fingerprint density at radius 2 is 2.28 bits per heavy atom. The predicted octanol–water partition coefficient (Wildman–Crippen LogP) is 1.60. The van der Waals surface area contributed by atoms with Crippen molar-refractivity contribution in [3.63, 3.8) is 0 Å². The van der Waals surface area contributed by atoms with E-state index in [1.807, 2.05) is 24.3 Å². The largest absolute Gasteiger partial charge is 0.496 e. The molecular weight excluding hydrogens is 230 g/mol. The van der Waals surface area contributed by atoms with Crippen molar-refractivity contribution in [3.8, 4) is 5.75 Å². The predicted molar refractivity (Wildman–Crippen MR) is 69.2 cm³/mol. The molecular formula is C14H19NO3. The van der Waals surface area contributed by atoms with Crippen molar-refractivity contribution < 1.29 is 14.3 Å². The molecule has 0 radical (unpaired) electrons. The van der Waals surface area contributed by atoms with Gasteiger partial charge in [0, 0.05) is 12.6 Å². The Hall–Kier alpha value is -1.39. The third kappa shape index (κ3) is 2.89. The molecule has 0 bridgehead atoms. The lowest BCUT2D eigenvalue weighted by Crippen LogP contribution is -2.46. The van der Waals surface area contributed by atoms with E-state index in [1.54, 1.807) is 7.11 Å². The van der Waals surface area contributed by atoms with E-state index in [0.29, 0.717) is 31.1 Å². The fourth-order valence-corrected chi connectivity index (χ4v) is 2.14. The molecule has 1 aliphatic heterocycles. The van der Waals surface area contributed by atoms with Crippen LogP contribution in [0.1, 0.15) is 17.3 Å². The first kappa shape index (κ1) is 13.1. The van der Waals surface area contributed by atoms with Crippen LogP contribution in [0, 0.1) is 0 Å². The Morgan fingerprint density at radius 1 is 1.50 bits per heavy atom. The number of ketones is 1. The Kier molecular flexibility index (Phi) is 4.33. The van der Waals surface area contributed by atoms with Gasteiger partial charge < -0.3 is 9.47 Å². The minimum absolute atomic E-state index is 0.0983. The zero-order valence-corrected chi connectivity index (χ0v) is 10.9. The number of morpholine rings is 1. The summed E-state index contributed by atoms with van der Waals surface area (Å²) in [4.78, 5) is 14.4. The molecule has 4 heteroatoms. The lowest BCUT2D eigenvalue weighted by Gasteiger charge is -2.32. The van der Waals surface area contributed by atoms with E-state index >= 15 is 0 Å². The van der Waals surface area contributed by atoms with Gasteiger partial charge in [0.25, 0.3) is 0 Å². The fourth-order valence-electron chi connectivity index (χ4n) is 2.14. The summed E-state index contributed by atoms with van der Waals surface area (Å²) in [6.45, 7) is 4.70. The minimum Gasteiger partial charge on any atom is -0.496 e. The van der Waals surface area contributed by atoms with E-state index in [9.17, 15) is 4.79 Å². The van der Waals surface area contributed by atoms with Crippen molar-refractivity contribution in [2.24, 2.45) is 0 Å². The molecule has 0 saturated carbocycles. The van der Waals surface area contributed by atoms with Crippen molar-refractivity contribution in [1.29, 1.82) is 0 Å². The molecule has 2 rings (SSSR count). The van der Waals surface area contributed by atoms with Crippen molar-refractivity contribution in [1.82, 2.24) is 4.90 Å². The van der Waals surface area contributed by atoms with Gasteiger partial charge in [-0.3, -0.25) is 9.69 Å². The highest BCUT2D eigenvalue weighted by Crippen LogP contribution is 2.19. The molecule has 4 nitrogen and oxygen atoms in total. The van der Waals surface area contributed by atoms with Gasteiger partial charge in [-0.25, -0.2) is 0 Å². The molecule has 1 atom stereocenters. The number of rotatable bonds is 4. The Balaban J connectivity index is 2.07. The number of para-hydroxylation sites is 1. The lowest BCUT2D eigenvalue weighted by atomic mass is 10.1. The molecule has 0 amide bonds. The Labute approximate surface area is 107 Å². The highest BCUT2D eigenvalue weighted by Gasteiger charge is 2.22. The molecule has 1 fully saturated rings. The standard InChI is InChI=1S/C14H19NO3/c1-11-10-18-8-7-15(11)9-13(16)12-5-3-4-6-14(12)17-2/h3-6,11H,7-10H2,1-2H3. The summed E-state index contributed by atoms with van der Waals surface area (Å²) in [5.41, 5.74) is 0.652. The van der Waals surface area contributed by atoms with Crippen LogP contribution in [0.3, 0.4) is 0 Å². The Morgan fingerprint density at radius 3 is 3.00 bits per heavy atom. The number of hydrogen-bond donors (Lipinski definition) is 0. The molecule has 1 aliphatic rings. The van der Waals surface area contributed by atoms with Gasteiger partial charge in [-0.15, -0.1) is 0 Å². The summed E-state index contributed by atoms with van der Waals surface area (Å²) in [5.74, 6) is 0.740. The summed E-state index contributed by atoms with van der Waals surface area (Å²) < 4.78 is 10.6. The lowest BCUT2D eigenvalue weighted by molar-refractivity contribution is 0.00198. The topological polar surface area (TPSA) is 38.8 Å². The number of Topliss-reactive ketones (excluding diaryl/α,β-unsaturated/α-hetero) is 1. The minimum atomic E-state index is 0.0983. The third-order valence-electron chi connectivity index (χ3n) is 3.26. The molecule has 18 heavy (non-hydrogen) atoms. The smallest absolute Gasteiger partial charge is 0.180 e. The molecule has 1 unspecified atom stereocenters. The van der Waals surface area contributed by atoms with Gasteiger partial charge in [-0.2, -0.15) is 0 Å². The van der Waals surface area contributed by atoms with Crippen LogP contribution < -0.4 is 4.74 Å². The van der Waals surface area contributed by atoms with Crippen LogP contribution in [0.4, 0.5) is 0 Å². The van der Waals surface area contributed by atoms with E-state index in [1.165, 1.54) is 0 Å². The number of carbonyl (C=O) groups excluding carboxylic acids is 1. The Bertz CT molecular complexity index is 419. The molecule has 1 saturated heterocycles. The maximum Gasteiger partial charge on any atom is 0.180 e. The van der Waals surface area contributed by atoms with E-state index in [-0.39, 0.29) is 11.8 Å². The summed E-state index contributed by atoms with van der Waals surface area (Å²) in [5, 5.41) is 0. The normalized spacial score (nSPS) is 20.7. The van der Waals surface area contributed by atoms with E-state index < -0.39 is 0 Å². The van der Waals surface area contributed by atoms with E-state index in [0.717, 1.165) is 6.54 Å².